The van der Waals surface area contributed by atoms with Gasteiger partial charge in [-0.05, 0) is 75.1 Å². The van der Waals surface area contributed by atoms with Gasteiger partial charge in [0.05, 0.1) is 5.54 Å². The zero-order valence-corrected chi connectivity index (χ0v) is 19.5. The van der Waals surface area contributed by atoms with Crippen LogP contribution >= 0.6 is 11.6 Å². The average molecular weight is 434 g/mol. The molecule has 0 saturated heterocycles. The Kier molecular flexibility index (Phi) is 6.57. The Balaban J connectivity index is 2.01. The Morgan fingerprint density at radius 2 is 1.97 bits per heavy atom. The van der Waals surface area contributed by atoms with Crippen molar-refractivity contribution in [2.24, 2.45) is 0 Å². The van der Waals surface area contributed by atoms with Gasteiger partial charge in [0.1, 0.15) is 11.6 Å². The van der Waals surface area contributed by atoms with E-state index in [0.29, 0.717) is 16.3 Å². The number of nitrogens with zero attached hydrogens (tertiary/aromatic N) is 2. The zero-order valence-electron chi connectivity index (χ0n) is 18.7. The highest BCUT2D eigenvalue weighted by Crippen LogP contribution is 2.41. The van der Waals surface area contributed by atoms with Gasteiger partial charge in [0.25, 0.3) is 5.91 Å². The summed E-state index contributed by atoms with van der Waals surface area (Å²) in [4.78, 5) is 15.1. The Morgan fingerprint density at radius 3 is 2.61 bits per heavy atom. The van der Waals surface area contributed by atoms with Crippen LogP contribution in [0.2, 0.25) is 5.02 Å². The van der Waals surface area contributed by atoms with Gasteiger partial charge in [-0.15, -0.1) is 0 Å². The largest absolute Gasteiger partial charge is 0.362 e. The number of aryl methyl sites for hydroxylation is 1. The number of hydrogen-bond donors (Lipinski definition) is 1. The highest BCUT2D eigenvalue weighted by Gasteiger charge is 2.31. The van der Waals surface area contributed by atoms with Crippen molar-refractivity contribution in [1.29, 1.82) is 5.26 Å². The summed E-state index contributed by atoms with van der Waals surface area (Å²) in [5.41, 5.74) is 5.47. The minimum Gasteiger partial charge on any atom is -0.362 e. The van der Waals surface area contributed by atoms with Gasteiger partial charge < -0.3 is 10.2 Å². The summed E-state index contributed by atoms with van der Waals surface area (Å²) in [6.45, 7) is 11.5. The summed E-state index contributed by atoms with van der Waals surface area (Å²) in [5.74, 6) is -0.452. The minimum atomic E-state index is -0.452. The lowest BCUT2D eigenvalue weighted by Crippen LogP contribution is -2.45. The van der Waals surface area contributed by atoms with Crippen molar-refractivity contribution in [1.82, 2.24) is 0 Å². The maximum atomic E-state index is 12.7. The molecule has 0 spiro atoms. The molecular weight excluding hydrogens is 406 g/mol. The van der Waals surface area contributed by atoms with Gasteiger partial charge in [0.15, 0.2) is 0 Å². The number of carbonyl (C=O) groups is 1. The third kappa shape index (κ3) is 4.68. The molecule has 0 aromatic heterocycles. The number of hydrogen-bond acceptors (Lipinski definition) is 3. The van der Waals surface area contributed by atoms with Crippen LogP contribution in [0.5, 0.6) is 0 Å². The summed E-state index contributed by atoms with van der Waals surface area (Å²) in [6.07, 6.45) is 4.84. The fourth-order valence-corrected chi connectivity index (χ4v) is 4.28. The van der Waals surface area contributed by atoms with Crippen LogP contribution in [0.3, 0.4) is 0 Å². The van der Waals surface area contributed by atoms with Crippen molar-refractivity contribution in [3.8, 4) is 6.07 Å². The fraction of sp³-hybridized carbons (Fsp3) is 0.308. The summed E-state index contributed by atoms with van der Waals surface area (Å²) in [5, 5.41) is 13.0. The molecule has 0 radical (unpaired) electrons. The number of nitrogens with one attached hydrogen (secondary N) is 1. The Bertz CT molecular complexity index is 1120. The van der Waals surface area contributed by atoms with E-state index in [4.69, 9.17) is 11.6 Å². The molecule has 0 aliphatic carbocycles. The first-order valence-corrected chi connectivity index (χ1v) is 10.9. The van der Waals surface area contributed by atoms with Crippen LogP contribution in [0, 0.1) is 18.3 Å². The molecule has 0 unspecified atom stereocenters. The lowest BCUT2D eigenvalue weighted by Gasteiger charge is -2.43. The van der Waals surface area contributed by atoms with Crippen molar-refractivity contribution in [2.75, 3.05) is 16.8 Å². The topological polar surface area (TPSA) is 56.1 Å². The summed E-state index contributed by atoms with van der Waals surface area (Å²) >= 11 is 6.63. The molecule has 0 atom stereocenters. The van der Waals surface area contributed by atoms with Crippen molar-refractivity contribution in [3.63, 3.8) is 0 Å². The molecule has 4 nitrogen and oxygen atoms in total. The number of halogens is 1. The Morgan fingerprint density at radius 1 is 1.26 bits per heavy atom. The quantitative estimate of drug-likeness (QED) is 0.426. The molecule has 1 amide bonds. The van der Waals surface area contributed by atoms with Crippen molar-refractivity contribution >= 4 is 40.5 Å². The van der Waals surface area contributed by atoms with E-state index < -0.39 is 5.91 Å². The monoisotopic (exact) mass is 433 g/mol. The molecule has 1 heterocycles. The van der Waals surface area contributed by atoms with Gasteiger partial charge in [0.2, 0.25) is 0 Å². The Labute approximate surface area is 189 Å². The fourth-order valence-electron chi connectivity index (χ4n) is 4.06. The maximum absolute atomic E-state index is 12.7. The van der Waals surface area contributed by atoms with Crippen LogP contribution in [0.15, 0.2) is 48.0 Å². The minimum absolute atomic E-state index is 0.00768. The van der Waals surface area contributed by atoms with E-state index in [9.17, 15) is 10.1 Å². The molecule has 1 aliphatic heterocycles. The first-order chi connectivity index (χ1) is 14.7. The lowest BCUT2D eigenvalue weighted by molar-refractivity contribution is -0.112. The van der Waals surface area contributed by atoms with Crippen molar-refractivity contribution in [2.45, 2.75) is 46.6 Å². The number of amides is 1. The molecule has 2 aromatic carbocycles. The standard InChI is InChI=1S/C26H28ClN3O/c1-6-11-30-24-14-22(27)19(13-21(24)18(3)15-26(30,4)5)12-20(16-28)25(31)29-23-10-8-7-9-17(23)2/h7-10,12-15H,6,11H2,1-5H3,(H,29,31)/b20-12+. The zero-order chi connectivity index (χ0) is 22.8. The number of fused-ring (bicyclic) bond motifs is 1. The van der Waals surface area contributed by atoms with Gasteiger partial charge in [-0.3, -0.25) is 4.79 Å². The van der Waals surface area contributed by atoms with Gasteiger partial charge in [-0.2, -0.15) is 5.26 Å². The molecule has 0 fully saturated rings. The molecule has 0 saturated carbocycles. The number of anilines is 2. The number of carbonyl (C=O) groups excluding carboxylic acids is 1. The predicted octanol–water partition coefficient (Wildman–Crippen LogP) is 6.61. The van der Waals surface area contributed by atoms with Gasteiger partial charge >= 0.3 is 0 Å². The molecule has 31 heavy (non-hydrogen) atoms. The van der Waals surface area contributed by atoms with Gasteiger partial charge in [-0.1, -0.05) is 42.8 Å². The van der Waals surface area contributed by atoms with Crippen LogP contribution in [-0.2, 0) is 4.79 Å². The number of allylic oxidation sites excluding steroid dienone is 1. The molecular formula is C26H28ClN3O. The van der Waals surface area contributed by atoms with Crippen LogP contribution in [-0.4, -0.2) is 18.0 Å². The highest BCUT2D eigenvalue weighted by atomic mass is 35.5. The van der Waals surface area contributed by atoms with E-state index in [1.807, 2.05) is 49.4 Å². The molecule has 0 bridgehead atoms. The summed E-state index contributed by atoms with van der Waals surface area (Å²) < 4.78 is 0. The lowest BCUT2D eigenvalue weighted by atomic mass is 9.87. The second kappa shape index (κ2) is 8.99. The van der Waals surface area contributed by atoms with E-state index >= 15 is 0 Å². The first-order valence-electron chi connectivity index (χ1n) is 10.5. The number of benzene rings is 2. The molecule has 160 valence electrons. The van der Waals surface area contributed by atoms with E-state index in [0.717, 1.165) is 35.4 Å². The van der Waals surface area contributed by atoms with E-state index in [2.05, 4.69) is 44.0 Å². The van der Waals surface area contributed by atoms with E-state index in [1.165, 1.54) is 0 Å². The summed E-state index contributed by atoms with van der Waals surface area (Å²) in [6, 6.07) is 13.4. The third-order valence-corrected chi connectivity index (χ3v) is 5.93. The molecule has 3 rings (SSSR count). The smallest absolute Gasteiger partial charge is 0.266 e. The van der Waals surface area contributed by atoms with Crippen LogP contribution in [0.1, 0.15) is 50.8 Å². The first kappa shape index (κ1) is 22.7. The Hall–Kier alpha value is -3.03. The van der Waals surface area contributed by atoms with E-state index in [1.54, 1.807) is 6.08 Å². The average Bonchev–Trinajstić information content (AvgIpc) is 2.71. The van der Waals surface area contributed by atoms with Crippen molar-refractivity contribution < 1.29 is 4.79 Å². The maximum Gasteiger partial charge on any atom is 0.266 e. The molecule has 2 aromatic rings. The van der Waals surface area contributed by atoms with Crippen molar-refractivity contribution in [3.05, 3.63) is 69.8 Å². The number of nitriles is 1. The molecule has 1 aliphatic rings. The summed E-state index contributed by atoms with van der Waals surface area (Å²) in [7, 11) is 0. The third-order valence-electron chi connectivity index (χ3n) is 5.60. The van der Waals surface area contributed by atoms with Crippen LogP contribution in [0.4, 0.5) is 11.4 Å². The number of rotatable bonds is 5. The second-order valence-electron chi connectivity index (χ2n) is 8.46. The van der Waals surface area contributed by atoms with Crippen LogP contribution in [0.25, 0.3) is 11.6 Å². The molecule has 1 N–H and O–H groups in total. The van der Waals surface area contributed by atoms with E-state index in [-0.39, 0.29) is 11.1 Å². The predicted molar refractivity (Wildman–Crippen MR) is 130 cm³/mol. The van der Waals surface area contributed by atoms with Gasteiger partial charge in [0, 0.05) is 28.5 Å². The number of para-hydroxylation sites is 1. The highest BCUT2D eigenvalue weighted by molar-refractivity contribution is 6.32. The van der Waals surface area contributed by atoms with Gasteiger partial charge in [-0.25, -0.2) is 0 Å². The SMILES string of the molecule is CCCN1c2cc(Cl)c(/C=C(\C#N)C(=O)Nc3ccccc3C)cc2C(C)=CC1(C)C. The normalized spacial score (nSPS) is 15.1. The molecule has 5 heteroatoms. The second-order valence-corrected chi connectivity index (χ2v) is 8.87. The van der Waals surface area contributed by atoms with Crippen LogP contribution < -0.4 is 10.2 Å².